The highest BCUT2D eigenvalue weighted by Gasteiger charge is 1.98. The van der Waals surface area contributed by atoms with Crippen LogP contribution in [0.2, 0.25) is 0 Å². The molecule has 9 heavy (non-hydrogen) atoms. The average molecular weight is 122 g/mol. The molecular formula is C5H6N4. The van der Waals surface area contributed by atoms with Gasteiger partial charge in [-0.25, -0.2) is 0 Å². The fourth-order valence-electron chi connectivity index (χ4n) is 0.847. The van der Waals surface area contributed by atoms with Gasteiger partial charge in [-0.05, 0) is 6.07 Å². The average Bonchev–Trinajstić information content (AvgIpc) is 2.35. The molecule has 0 amide bonds. The van der Waals surface area contributed by atoms with Crippen molar-refractivity contribution in [2.24, 2.45) is 0 Å². The van der Waals surface area contributed by atoms with E-state index >= 15 is 0 Å². The molecule has 4 N–H and O–H groups in total. The van der Waals surface area contributed by atoms with Gasteiger partial charge in [0.1, 0.15) is 5.82 Å². The Hall–Kier alpha value is -1.45. The number of rotatable bonds is 0. The van der Waals surface area contributed by atoms with Crippen LogP contribution in [0.1, 0.15) is 0 Å². The van der Waals surface area contributed by atoms with Crippen LogP contribution in [0.25, 0.3) is 11.0 Å². The van der Waals surface area contributed by atoms with Crippen LogP contribution in [0.15, 0.2) is 12.3 Å². The minimum atomic E-state index is 0.617. The number of nitrogen functional groups attached to an aromatic ring is 1. The second-order valence-corrected chi connectivity index (χ2v) is 1.88. The molecule has 2 aromatic heterocycles. The van der Waals surface area contributed by atoms with Crippen LogP contribution in [-0.2, 0) is 0 Å². The Morgan fingerprint density at radius 2 is 2.44 bits per heavy atom. The minimum Gasteiger partial charge on any atom is -0.384 e. The Bertz CT molecular complexity index is 318. The van der Waals surface area contributed by atoms with E-state index in [2.05, 4.69) is 15.2 Å². The highest BCUT2D eigenvalue weighted by atomic mass is 15.2. The molecule has 0 unspecified atom stereocenters. The van der Waals surface area contributed by atoms with Crippen LogP contribution in [0, 0.1) is 0 Å². The smallest absolute Gasteiger partial charge is 0.161 e. The molecule has 46 valence electrons. The third-order valence-electron chi connectivity index (χ3n) is 1.30. The maximum Gasteiger partial charge on any atom is 0.161 e. The van der Waals surface area contributed by atoms with Crippen molar-refractivity contribution >= 4 is 16.9 Å². The molecule has 0 radical (unpaired) electrons. The fourth-order valence-corrected chi connectivity index (χ4v) is 0.847. The van der Waals surface area contributed by atoms with Gasteiger partial charge in [0, 0.05) is 6.20 Å². The van der Waals surface area contributed by atoms with Crippen LogP contribution < -0.4 is 5.73 Å². The Kier molecular flexibility index (Phi) is 0.631. The summed E-state index contributed by atoms with van der Waals surface area (Å²) in [5, 5.41) is 7.48. The highest BCUT2D eigenvalue weighted by molar-refractivity contribution is 5.86. The van der Waals surface area contributed by atoms with Gasteiger partial charge in [0.2, 0.25) is 0 Å². The van der Waals surface area contributed by atoms with Gasteiger partial charge in [-0.2, -0.15) is 5.10 Å². The molecule has 0 saturated carbocycles. The molecule has 0 spiro atoms. The van der Waals surface area contributed by atoms with Gasteiger partial charge in [-0.3, -0.25) is 5.10 Å². The monoisotopic (exact) mass is 122 g/mol. The van der Waals surface area contributed by atoms with E-state index in [1.165, 1.54) is 0 Å². The molecule has 4 nitrogen and oxygen atoms in total. The molecular weight excluding hydrogens is 116 g/mol. The zero-order chi connectivity index (χ0) is 6.27. The first-order valence-electron chi connectivity index (χ1n) is 2.65. The number of fused-ring (bicyclic) bond motifs is 1. The molecule has 4 heteroatoms. The van der Waals surface area contributed by atoms with Crippen molar-refractivity contribution in [1.29, 1.82) is 0 Å². The number of anilines is 1. The maximum atomic E-state index is 5.48. The summed E-state index contributed by atoms with van der Waals surface area (Å²) >= 11 is 0. The number of nitrogens with two attached hydrogens (primary N) is 1. The van der Waals surface area contributed by atoms with E-state index in [-0.39, 0.29) is 0 Å². The molecule has 2 heterocycles. The van der Waals surface area contributed by atoms with Crippen molar-refractivity contribution in [2.45, 2.75) is 0 Å². The molecule has 0 aromatic carbocycles. The maximum absolute atomic E-state index is 5.48. The standard InChI is InChI=1S/C5H6N4/c6-4-3-1-2-7-5(3)9-8-4/h1-2H,(H4,6,7,8,9). The lowest BCUT2D eigenvalue weighted by molar-refractivity contribution is 1.10. The number of hydrogen-bond acceptors (Lipinski definition) is 2. The summed E-state index contributed by atoms with van der Waals surface area (Å²) in [5.41, 5.74) is 6.30. The second-order valence-electron chi connectivity index (χ2n) is 1.88. The molecule has 0 aliphatic heterocycles. The molecule has 0 atom stereocenters. The van der Waals surface area contributed by atoms with Crippen molar-refractivity contribution in [3.8, 4) is 0 Å². The zero-order valence-corrected chi connectivity index (χ0v) is 4.68. The number of hydrogen-bond donors (Lipinski definition) is 3. The van der Waals surface area contributed by atoms with E-state index in [0.717, 1.165) is 11.0 Å². The van der Waals surface area contributed by atoms with Crippen LogP contribution >= 0.6 is 0 Å². The summed E-state index contributed by atoms with van der Waals surface area (Å²) in [5.74, 6) is 0.617. The molecule has 0 fully saturated rings. The summed E-state index contributed by atoms with van der Waals surface area (Å²) in [6.07, 6.45) is 1.81. The van der Waals surface area contributed by atoms with E-state index in [1.807, 2.05) is 12.3 Å². The number of nitrogens with one attached hydrogen (secondary N) is 2. The first-order chi connectivity index (χ1) is 4.38. The van der Waals surface area contributed by atoms with Crippen LogP contribution in [0.5, 0.6) is 0 Å². The van der Waals surface area contributed by atoms with Gasteiger partial charge >= 0.3 is 0 Å². The van der Waals surface area contributed by atoms with Gasteiger partial charge in [0.25, 0.3) is 0 Å². The second kappa shape index (κ2) is 1.28. The summed E-state index contributed by atoms with van der Waals surface area (Å²) in [7, 11) is 0. The number of nitrogens with zero attached hydrogens (tertiary/aromatic N) is 1. The highest BCUT2D eigenvalue weighted by Crippen LogP contribution is 2.14. The molecule has 2 aromatic rings. The van der Waals surface area contributed by atoms with E-state index in [4.69, 9.17) is 5.73 Å². The third kappa shape index (κ3) is 0.440. The van der Waals surface area contributed by atoms with Gasteiger partial charge in [-0.15, -0.1) is 0 Å². The Morgan fingerprint density at radius 1 is 1.56 bits per heavy atom. The minimum absolute atomic E-state index is 0.617. The van der Waals surface area contributed by atoms with E-state index in [0.29, 0.717) is 5.82 Å². The number of aromatic amines is 2. The number of aromatic nitrogens is 3. The van der Waals surface area contributed by atoms with Crippen molar-refractivity contribution in [2.75, 3.05) is 5.73 Å². The third-order valence-corrected chi connectivity index (χ3v) is 1.30. The van der Waals surface area contributed by atoms with E-state index in [1.54, 1.807) is 0 Å². The topological polar surface area (TPSA) is 70.5 Å². The molecule has 0 aliphatic rings. The van der Waals surface area contributed by atoms with Gasteiger partial charge < -0.3 is 10.7 Å². The van der Waals surface area contributed by atoms with Gasteiger partial charge in [0.05, 0.1) is 5.39 Å². The van der Waals surface area contributed by atoms with Gasteiger partial charge in [0.15, 0.2) is 5.65 Å². The Balaban J connectivity index is 2.99. The normalized spacial score (nSPS) is 10.7. The van der Waals surface area contributed by atoms with Gasteiger partial charge in [-0.1, -0.05) is 0 Å². The largest absolute Gasteiger partial charge is 0.384 e. The molecule has 0 saturated heterocycles. The lowest BCUT2D eigenvalue weighted by Crippen LogP contribution is -1.82. The van der Waals surface area contributed by atoms with Crippen LogP contribution in [-0.4, -0.2) is 15.2 Å². The predicted molar refractivity (Wildman–Crippen MR) is 34.9 cm³/mol. The van der Waals surface area contributed by atoms with E-state index < -0.39 is 0 Å². The summed E-state index contributed by atoms with van der Waals surface area (Å²) < 4.78 is 0. The fraction of sp³-hybridized carbons (Fsp3) is 0. The summed E-state index contributed by atoms with van der Waals surface area (Å²) in [6.45, 7) is 0. The predicted octanol–water partition coefficient (Wildman–Crippen LogP) is 0.473. The quantitative estimate of drug-likeness (QED) is 0.475. The first-order valence-corrected chi connectivity index (χ1v) is 2.65. The van der Waals surface area contributed by atoms with Crippen LogP contribution in [0.4, 0.5) is 5.82 Å². The molecule has 0 aliphatic carbocycles. The van der Waals surface area contributed by atoms with Crippen LogP contribution in [0.3, 0.4) is 0 Å². The molecule has 2 rings (SSSR count). The van der Waals surface area contributed by atoms with E-state index in [9.17, 15) is 0 Å². The van der Waals surface area contributed by atoms with Crippen molar-refractivity contribution < 1.29 is 0 Å². The lowest BCUT2D eigenvalue weighted by atomic mass is 10.4. The van der Waals surface area contributed by atoms with Crippen molar-refractivity contribution in [3.05, 3.63) is 12.3 Å². The first kappa shape index (κ1) is 4.43. The van der Waals surface area contributed by atoms with Crippen molar-refractivity contribution in [3.63, 3.8) is 0 Å². The zero-order valence-electron chi connectivity index (χ0n) is 4.68. The lowest BCUT2D eigenvalue weighted by Gasteiger charge is -1.76. The SMILES string of the molecule is Nc1[nH]nc2[nH]ccc12. The Labute approximate surface area is 51.1 Å². The Morgan fingerprint density at radius 3 is 3.22 bits per heavy atom. The molecule has 0 bridgehead atoms. The number of H-pyrrole nitrogens is 2. The summed E-state index contributed by atoms with van der Waals surface area (Å²) in [6, 6.07) is 1.88. The summed E-state index contributed by atoms with van der Waals surface area (Å²) in [4.78, 5) is 2.92. The van der Waals surface area contributed by atoms with Crippen molar-refractivity contribution in [1.82, 2.24) is 15.2 Å².